The lowest BCUT2D eigenvalue weighted by Crippen LogP contribution is -2.27. The molecule has 2 N–H and O–H groups in total. The Balaban J connectivity index is 1.72. The Morgan fingerprint density at radius 1 is 0.706 bits per heavy atom. The standard InChI is InChI=1S/C28H40N4O2/c1-5-31(6-2)23-15-13-21(27(33)17-23)19-29-25-11-9-10-12-26(25)30-20-22-14-16-24(18-28(22)34)32(7-3)8-4/h13-20,25-26,33-34H,5-12H2,1-4H3/t25-,26-/m1/s1. The minimum absolute atomic E-state index is 0.0731. The number of aromatic hydroxyl groups is 2. The van der Waals surface area contributed by atoms with Crippen LogP contribution in [0.3, 0.4) is 0 Å². The molecule has 2 aromatic rings. The summed E-state index contributed by atoms with van der Waals surface area (Å²) in [5, 5.41) is 21.1. The monoisotopic (exact) mass is 464 g/mol. The van der Waals surface area contributed by atoms with Gasteiger partial charge in [0.25, 0.3) is 0 Å². The predicted molar refractivity (Wildman–Crippen MR) is 145 cm³/mol. The molecule has 0 spiro atoms. The number of phenolic OH excluding ortho intramolecular Hbond substituents is 2. The third kappa shape index (κ3) is 6.31. The molecule has 0 saturated heterocycles. The van der Waals surface area contributed by atoms with E-state index >= 15 is 0 Å². The number of hydrogen-bond donors (Lipinski definition) is 2. The maximum absolute atomic E-state index is 10.5. The van der Waals surface area contributed by atoms with Crippen LogP contribution in [0.15, 0.2) is 46.4 Å². The number of aliphatic imine (C=N–C) groups is 2. The van der Waals surface area contributed by atoms with E-state index < -0.39 is 0 Å². The highest BCUT2D eigenvalue weighted by atomic mass is 16.3. The van der Waals surface area contributed by atoms with E-state index in [-0.39, 0.29) is 23.6 Å². The molecule has 0 amide bonds. The molecule has 3 rings (SSSR count). The number of rotatable bonds is 10. The van der Waals surface area contributed by atoms with Gasteiger partial charge in [0.15, 0.2) is 0 Å². The summed E-state index contributed by atoms with van der Waals surface area (Å²) in [7, 11) is 0. The van der Waals surface area contributed by atoms with Gasteiger partial charge in [0, 0.05) is 73.2 Å². The second-order valence-electron chi connectivity index (χ2n) is 8.81. The minimum atomic E-state index is 0.0731. The van der Waals surface area contributed by atoms with Crippen LogP contribution in [0.5, 0.6) is 11.5 Å². The van der Waals surface area contributed by atoms with Crippen molar-refractivity contribution < 1.29 is 10.2 Å². The van der Waals surface area contributed by atoms with Gasteiger partial charge in [0.1, 0.15) is 11.5 Å². The number of phenols is 2. The molecule has 2 atom stereocenters. The van der Waals surface area contributed by atoms with Crippen LogP contribution in [0.25, 0.3) is 0 Å². The lowest BCUT2D eigenvalue weighted by Gasteiger charge is -2.25. The van der Waals surface area contributed by atoms with Crippen LogP contribution in [0.4, 0.5) is 11.4 Å². The molecule has 6 heteroatoms. The molecule has 6 nitrogen and oxygen atoms in total. The molecule has 1 fully saturated rings. The topological polar surface area (TPSA) is 71.7 Å². The van der Waals surface area contributed by atoms with Crippen molar-refractivity contribution in [3.8, 4) is 11.5 Å². The van der Waals surface area contributed by atoms with Crippen LogP contribution in [0, 0.1) is 0 Å². The molecule has 0 unspecified atom stereocenters. The van der Waals surface area contributed by atoms with E-state index in [1.807, 2.05) is 36.4 Å². The number of anilines is 2. The van der Waals surface area contributed by atoms with Crippen LogP contribution in [0.2, 0.25) is 0 Å². The van der Waals surface area contributed by atoms with Crippen LogP contribution < -0.4 is 9.80 Å². The van der Waals surface area contributed by atoms with Crippen molar-refractivity contribution >= 4 is 23.8 Å². The van der Waals surface area contributed by atoms with Crippen LogP contribution in [-0.2, 0) is 0 Å². The lowest BCUT2D eigenvalue weighted by molar-refractivity contribution is 0.390. The van der Waals surface area contributed by atoms with E-state index in [4.69, 9.17) is 9.98 Å². The molecular formula is C28H40N4O2. The Morgan fingerprint density at radius 2 is 1.09 bits per heavy atom. The summed E-state index contributed by atoms with van der Waals surface area (Å²) in [4.78, 5) is 14.1. The molecule has 2 aromatic carbocycles. The molecule has 184 valence electrons. The van der Waals surface area contributed by atoms with Gasteiger partial charge in [-0.25, -0.2) is 0 Å². The summed E-state index contributed by atoms with van der Waals surface area (Å²) in [6.45, 7) is 12.0. The fraction of sp³-hybridized carbons (Fsp3) is 0.500. The molecule has 1 saturated carbocycles. The highest BCUT2D eigenvalue weighted by Gasteiger charge is 2.23. The maximum atomic E-state index is 10.5. The minimum Gasteiger partial charge on any atom is -0.507 e. The highest BCUT2D eigenvalue weighted by molar-refractivity contribution is 5.85. The highest BCUT2D eigenvalue weighted by Crippen LogP contribution is 2.28. The summed E-state index contributed by atoms with van der Waals surface area (Å²) in [6, 6.07) is 11.7. The zero-order chi connectivity index (χ0) is 24.5. The predicted octanol–water partition coefficient (Wildman–Crippen LogP) is 5.64. The van der Waals surface area contributed by atoms with Crippen molar-refractivity contribution in [1.29, 1.82) is 0 Å². The first-order chi connectivity index (χ1) is 16.5. The summed E-state index contributed by atoms with van der Waals surface area (Å²) >= 11 is 0. The molecular weight excluding hydrogens is 424 g/mol. The molecule has 0 heterocycles. The summed E-state index contributed by atoms with van der Waals surface area (Å²) in [5.41, 5.74) is 3.50. The zero-order valence-electron chi connectivity index (χ0n) is 21.1. The van der Waals surface area contributed by atoms with Gasteiger partial charge in [0.2, 0.25) is 0 Å². The van der Waals surface area contributed by atoms with Gasteiger partial charge in [-0.2, -0.15) is 0 Å². The third-order valence-corrected chi connectivity index (χ3v) is 6.79. The molecule has 0 radical (unpaired) electrons. The van der Waals surface area contributed by atoms with Gasteiger partial charge in [0.05, 0.1) is 12.1 Å². The second-order valence-corrected chi connectivity index (χ2v) is 8.81. The van der Waals surface area contributed by atoms with Crippen molar-refractivity contribution in [2.24, 2.45) is 9.98 Å². The molecule has 0 aromatic heterocycles. The lowest BCUT2D eigenvalue weighted by atomic mass is 9.91. The van der Waals surface area contributed by atoms with Crippen molar-refractivity contribution in [2.75, 3.05) is 36.0 Å². The van der Waals surface area contributed by atoms with Gasteiger partial charge in [-0.05, 0) is 64.8 Å². The van der Waals surface area contributed by atoms with E-state index in [1.165, 1.54) is 0 Å². The Kier molecular flexibility index (Phi) is 9.37. The van der Waals surface area contributed by atoms with Gasteiger partial charge in [-0.15, -0.1) is 0 Å². The number of benzene rings is 2. The molecule has 0 bridgehead atoms. The van der Waals surface area contributed by atoms with Crippen molar-refractivity contribution in [1.82, 2.24) is 0 Å². The van der Waals surface area contributed by atoms with E-state index in [2.05, 4.69) is 37.5 Å². The SMILES string of the molecule is CCN(CC)c1ccc(C=N[C@@H]2CCCC[C@H]2N=Cc2ccc(N(CC)CC)cc2O)c(O)c1. The van der Waals surface area contributed by atoms with E-state index in [9.17, 15) is 10.2 Å². The largest absolute Gasteiger partial charge is 0.507 e. The van der Waals surface area contributed by atoms with Gasteiger partial charge < -0.3 is 20.0 Å². The normalized spacial score (nSPS) is 18.6. The molecule has 1 aliphatic rings. The first-order valence-electron chi connectivity index (χ1n) is 12.7. The molecule has 34 heavy (non-hydrogen) atoms. The Labute approximate surface area is 204 Å². The smallest absolute Gasteiger partial charge is 0.126 e. The first-order valence-corrected chi connectivity index (χ1v) is 12.7. The van der Waals surface area contributed by atoms with Crippen molar-refractivity contribution in [3.63, 3.8) is 0 Å². The van der Waals surface area contributed by atoms with Crippen LogP contribution in [0.1, 0.15) is 64.5 Å². The average molecular weight is 465 g/mol. The van der Waals surface area contributed by atoms with Gasteiger partial charge in [-0.1, -0.05) is 12.8 Å². The summed E-state index contributed by atoms with van der Waals surface area (Å²) < 4.78 is 0. The van der Waals surface area contributed by atoms with E-state index in [0.29, 0.717) is 0 Å². The maximum Gasteiger partial charge on any atom is 0.126 e. The third-order valence-electron chi connectivity index (χ3n) is 6.79. The van der Waals surface area contributed by atoms with Crippen LogP contribution in [-0.4, -0.2) is 60.9 Å². The average Bonchev–Trinajstić information content (AvgIpc) is 2.85. The second kappa shape index (κ2) is 12.4. The van der Waals surface area contributed by atoms with E-state index in [0.717, 1.165) is 74.4 Å². The van der Waals surface area contributed by atoms with Crippen molar-refractivity contribution in [2.45, 2.75) is 65.5 Å². The molecule has 1 aliphatic carbocycles. The number of hydrogen-bond acceptors (Lipinski definition) is 6. The Hall–Kier alpha value is -3.02. The van der Waals surface area contributed by atoms with E-state index in [1.54, 1.807) is 12.4 Å². The Bertz CT molecular complexity index is 901. The fourth-order valence-corrected chi connectivity index (χ4v) is 4.64. The van der Waals surface area contributed by atoms with Crippen molar-refractivity contribution in [3.05, 3.63) is 47.5 Å². The number of nitrogens with zero attached hydrogens (tertiary/aromatic N) is 4. The van der Waals surface area contributed by atoms with Crippen LogP contribution >= 0.6 is 0 Å². The quantitative estimate of drug-likeness (QED) is 0.447. The summed E-state index contributed by atoms with van der Waals surface area (Å²) in [5.74, 6) is 0.504. The van der Waals surface area contributed by atoms with Gasteiger partial charge >= 0.3 is 0 Å². The summed E-state index contributed by atoms with van der Waals surface area (Å²) in [6.07, 6.45) is 7.79. The Morgan fingerprint density at radius 3 is 1.41 bits per heavy atom. The molecule has 0 aliphatic heterocycles. The van der Waals surface area contributed by atoms with Gasteiger partial charge in [-0.3, -0.25) is 9.98 Å². The first kappa shape index (κ1) is 25.6. The zero-order valence-corrected chi connectivity index (χ0v) is 21.1. The fourth-order valence-electron chi connectivity index (χ4n) is 4.64.